The summed E-state index contributed by atoms with van der Waals surface area (Å²) in [5, 5.41) is 24.0. The minimum Gasteiger partial charge on any atom is -0.385 e. The van der Waals surface area contributed by atoms with Crippen LogP contribution in [0.1, 0.15) is 76.7 Å². The molecule has 2 saturated carbocycles. The molecule has 0 amide bonds. The lowest BCUT2D eigenvalue weighted by atomic mass is 9.95. The molecule has 4 aliphatic heterocycles. The van der Waals surface area contributed by atoms with E-state index in [2.05, 4.69) is 44.6 Å². The summed E-state index contributed by atoms with van der Waals surface area (Å²) in [6, 6.07) is 1.19. The van der Waals surface area contributed by atoms with E-state index in [0.29, 0.717) is 30.8 Å². The molecule has 72 heavy (non-hydrogen) atoms. The standard InChI is InChI=1S/C17H31N3O.C14H20FN6O6P.C10H13FN5O6P/c1-3-7-15(8-4-1)18-17(20-11-13-21-14-12-20)19-16-9-5-2-6-10-16;15-9-8(5-26-28(23,24)20-1-3-25-4-2-20)27-14(11(9)22)21-7-19-10-12(16)17-6-18-13(10)21;11-5-4(1-21-23(18,19)20)22-10(7(5)17)16-3-15-6-8(12)13-2-14-9(6)16/h15-16H,1-14H2,(H,18,19);6-9,11,14,22H,1-5H2,(H,23,24)(H2,16,17,18);2-5,7,10,17H,1H2,(H2,12,13,14)(H2,18,19,20)/t;8-,9?,11+,14-;4-,5?,7+,10-/m.11/s1. The number of nitrogens with one attached hydrogen (secondary N) is 1. The zero-order valence-electron chi connectivity index (χ0n) is 39.5. The number of aliphatic hydroxyl groups is 2. The van der Waals surface area contributed by atoms with E-state index in [-0.39, 0.29) is 41.5 Å². The van der Waals surface area contributed by atoms with Gasteiger partial charge in [0.25, 0.3) is 0 Å². The third-order valence-electron chi connectivity index (χ3n) is 13.2. The van der Waals surface area contributed by atoms with Gasteiger partial charge in [0.1, 0.15) is 48.1 Å². The lowest BCUT2D eigenvalue weighted by Gasteiger charge is -2.34. The number of hydrogen-bond acceptors (Lipinski definition) is 19. The number of aliphatic hydroxyl groups excluding tert-OH is 2. The van der Waals surface area contributed by atoms with Crippen LogP contribution < -0.4 is 16.8 Å². The van der Waals surface area contributed by atoms with E-state index in [0.717, 1.165) is 26.3 Å². The molecule has 27 nitrogen and oxygen atoms in total. The summed E-state index contributed by atoms with van der Waals surface area (Å²) in [6.07, 6.45) is 6.53. The molecule has 0 radical (unpaired) electrons. The SMILES string of the molecule is C1CCC(N=C(NC2CCCCC2)N2CCOCC2)CC1.Nc1ncnc2c1ncn2[C@@H]1O[C@H](COP(=O)(O)N2CCOCC2)C(F)[C@@H]1O.Nc1ncnc2c1ncn2[C@@H]1O[C@H](COP(=O)(O)O)C(F)[C@@H]1O. The first kappa shape index (κ1) is 54.1. The Morgan fingerprint density at radius 3 is 1.67 bits per heavy atom. The summed E-state index contributed by atoms with van der Waals surface area (Å²) in [4.78, 5) is 58.6. The maximum Gasteiger partial charge on any atom is 0.469 e. The number of aromatic nitrogens is 8. The van der Waals surface area contributed by atoms with E-state index in [1.165, 1.54) is 109 Å². The van der Waals surface area contributed by atoms with Gasteiger partial charge in [-0.05, 0) is 25.7 Å². The fraction of sp³-hybridized carbons (Fsp3) is 0.732. The number of nitrogen functional groups attached to an aromatic ring is 2. The second-order valence-corrected chi connectivity index (χ2v) is 21.2. The number of rotatable bonds is 11. The number of morpholine rings is 2. The van der Waals surface area contributed by atoms with Gasteiger partial charge in [-0.2, -0.15) is 0 Å². The molecule has 4 aromatic heterocycles. The Labute approximate surface area is 412 Å². The molecule has 0 bridgehead atoms. The molecular weight excluding hydrogens is 996 g/mol. The minimum atomic E-state index is -4.77. The number of phosphoric ester groups is 1. The van der Waals surface area contributed by atoms with Gasteiger partial charge in [-0.25, -0.2) is 57.5 Å². The molecule has 6 fully saturated rings. The van der Waals surface area contributed by atoms with Gasteiger partial charge in [-0.1, -0.05) is 38.5 Å². The van der Waals surface area contributed by atoms with Gasteiger partial charge in [-0.15, -0.1) is 0 Å². The van der Waals surface area contributed by atoms with Crippen molar-refractivity contribution in [2.24, 2.45) is 4.99 Å². The van der Waals surface area contributed by atoms with Crippen molar-refractivity contribution in [3.8, 4) is 0 Å². The summed E-state index contributed by atoms with van der Waals surface area (Å²) in [6.45, 7) is 3.50. The first-order valence-electron chi connectivity index (χ1n) is 24.1. The van der Waals surface area contributed by atoms with Crippen molar-refractivity contribution in [3.63, 3.8) is 0 Å². The normalized spacial score (nSPS) is 29.1. The van der Waals surface area contributed by atoms with E-state index >= 15 is 0 Å². The van der Waals surface area contributed by atoms with Crippen molar-refractivity contribution in [1.82, 2.24) is 53.9 Å². The number of guanidine groups is 1. The van der Waals surface area contributed by atoms with Crippen LogP contribution in [0.25, 0.3) is 22.3 Å². The zero-order chi connectivity index (χ0) is 51.0. The van der Waals surface area contributed by atoms with Crippen molar-refractivity contribution < 1.29 is 70.8 Å². The Bertz CT molecular complexity index is 2510. The summed E-state index contributed by atoms with van der Waals surface area (Å²) < 4.78 is 86.3. The number of phosphoric acid groups is 1. The maximum atomic E-state index is 14.6. The predicted molar refractivity (Wildman–Crippen MR) is 252 cm³/mol. The van der Waals surface area contributed by atoms with Crippen molar-refractivity contribution in [2.45, 2.75) is 126 Å². The highest BCUT2D eigenvalue weighted by molar-refractivity contribution is 7.50. The highest BCUT2D eigenvalue weighted by Crippen LogP contribution is 2.48. The second-order valence-electron chi connectivity index (χ2n) is 18.1. The number of ether oxygens (including phenoxy) is 4. The third kappa shape index (κ3) is 13.4. The van der Waals surface area contributed by atoms with Crippen LogP contribution in [0.5, 0.6) is 0 Å². The predicted octanol–water partition coefficient (Wildman–Crippen LogP) is 1.50. The van der Waals surface area contributed by atoms with Crippen LogP contribution in [0, 0.1) is 0 Å². The van der Waals surface area contributed by atoms with E-state index < -0.39 is 78.0 Å². The van der Waals surface area contributed by atoms with E-state index in [4.69, 9.17) is 49.7 Å². The molecule has 2 aliphatic carbocycles. The second kappa shape index (κ2) is 24.4. The molecule has 8 heterocycles. The zero-order valence-corrected chi connectivity index (χ0v) is 41.2. The molecule has 10 N–H and O–H groups in total. The van der Waals surface area contributed by atoms with E-state index in [9.17, 15) is 33.0 Å². The topological polar surface area (TPSA) is 361 Å². The number of anilines is 2. The van der Waals surface area contributed by atoms with Crippen LogP contribution in [0.15, 0.2) is 30.3 Å². The van der Waals surface area contributed by atoms with Gasteiger partial charge >= 0.3 is 15.6 Å². The number of nitrogens with zero attached hydrogens (tertiary/aromatic N) is 11. The van der Waals surface area contributed by atoms with Gasteiger partial charge in [0.05, 0.1) is 58.3 Å². The molecule has 31 heteroatoms. The minimum absolute atomic E-state index is 0.111. The van der Waals surface area contributed by atoms with Crippen molar-refractivity contribution in [3.05, 3.63) is 25.3 Å². The monoisotopic (exact) mass is 1060 g/mol. The molecule has 4 saturated heterocycles. The van der Waals surface area contributed by atoms with Crippen molar-refractivity contribution in [2.75, 3.05) is 77.3 Å². The van der Waals surface area contributed by atoms with Crippen LogP contribution in [-0.2, 0) is 37.1 Å². The Kier molecular flexibility index (Phi) is 18.4. The molecule has 400 valence electrons. The number of aliphatic imine (C=N–C) groups is 1. The van der Waals surface area contributed by atoms with Crippen LogP contribution in [-0.4, -0.2) is 194 Å². The fourth-order valence-electron chi connectivity index (χ4n) is 9.29. The Morgan fingerprint density at radius 1 is 0.694 bits per heavy atom. The number of hydrogen-bond donors (Lipinski definition) is 8. The summed E-state index contributed by atoms with van der Waals surface area (Å²) >= 11 is 0. The maximum absolute atomic E-state index is 14.6. The first-order chi connectivity index (χ1) is 34.6. The smallest absolute Gasteiger partial charge is 0.385 e. The first-order valence-corrected chi connectivity index (χ1v) is 27.1. The molecule has 0 spiro atoms. The van der Waals surface area contributed by atoms with Gasteiger partial charge < -0.3 is 65.5 Å². The van der Waals surface area contributed by atoms with E-state index in [1.54, 1.807) is 0 Å². The van der Waals surface area contributed by atoms with Crippen LogP contribution in [0.3, 0.4) is 0 Å². The van der Waals surface area contributed by atoms with Gasteiger partial charge in [0, 0.05) is 32.2 Å². The molecule has 0 aromatic carbocycles. The van der Waals surface area contributed by atoms with E-state index in [1.807, 2.05) is 0 Å². The summed E-state index contributed by atoms with van der Waals surface area (Å²) in [7, 11) is -8.90. The Balaban J connectivity index is 0.000000146. The fourth-order valence-corrected chi connectivity index (χ4v) is 10.8. The summed E-state index contributed by atoms with van der Waals surface area (Å²) in [5.41, 5.74) is 12.4. The Morgan fingerprint density at radius 2 is 1.17 bits per heavy atom. The van der Waals surface area contributed by atoms with Crippen LogP contribution in [0.2, 0.25) is 0 Å². The average molecular weight is 1060 g/mol. The highest BCUT2D eigenvalue weighted by atomic mass is 31.2. The molecule has 10 rings (SSSR count). The lowest BCUT2D eigenvalue weighted by molar-refractivity contribution is -0.0492. The molecule has 9 atom stereocenters. The van der Waals surface area contributed by atoms with Crippen molar-refractivity contribution in [1.29, 1.82) is 0 Å². The quantitative estimate of drug-likeness (QED) is 0.0599. The average Bonchev–Trinajstić information content (AvgIpc) is 4.16. The number of halogens is 2. The Hall–Kier alpha value is -4.19. The third-order valence-corrected chi connectivity index (χ3v) is 15.3. The summed E-state index contributed by atoms with van der Waals surface area (Å²) in [5.74, 6) is 1.43. The number of alkyl halides is 2. The van der Waals surface area contributed by atoms with Gasteiger partial charge in [-0.3, -0.25) is 18.2 Å². The van der Waals surface area contributed by atoms with Gasteiger partial charge in [0.15, 0.2) is 53.7 Å². The number of imidazole rings is 2. The molecule has 6 aliphatic rings. The van der Waals surface area contributed by atoms with Crippen LogP contribution in [0.4, 0.5) is 20.4 Å². The largest absolute Gasteiger partial charge is 0.469 e. The number of fused-ring (bicyclic) bond motifs is 2. The lowest BCUT2D eigenvalue weighted by Crippen LogP contribution is -2.51. The molecule has 4 aromatic rings. The van der Waals surface area contributed by atoms with Crippen molar-refractivity contribution >= 4 is 55.5 Å². The molecule has 3 unspecified atom stereocenters. The highest BCUT2D eigenvalue weighted by Gasteiger charge is 2.48. The van der Waals surface area contributed by atoms with Crippen LogP contribution >= 0.6 is 15.6 Å². The molecular formula is C41H64F2N14O13P2. The number of nitrogens with two attached hydrogens (primary N) is 2. The van der Waals surface area contributed by atoms with Gasteiger partial charge in [0.2, 0.25) is 0 Å².